The van der Waals surface area contributed by atoms with Crippen molar-refractivity contribution in [2.45, 2.75) is 45.4 Å². The van der Waals surface area contributed by atoms with Gasteiger partial charge in [0, 0.05) is 11.8 Å². The van der Waals surface area contributed by atoms with Crippen LogP contribution >= 0.6 is 0 Å². The molecule has 32 heavy (non-hydrogen) atoms. The Morgan fingerprint density at radius 3 is 2.47 bits per heavy atom. The van der Waals surface area contributed by atoms with Gasteiger partial charge < -0.3 is 14.8 Å². The maximum Gasteiger partial charge on any atom is 0.408 e. The predicted octanol–water partition coefficient (Wildman–Crippen LogP) is 4.61. The fourth-order valence-corrected chi connectivity index (χ4v) is 2.85. The number of para-hydroxylation sites is 1. The summed E-state index contributed by atoms with van der Waals surface area (Å²) in [6.45, 7) is 5.35. The average molecular weight is 431 g/mol. The van der Waals surface area contributed by atoms with Crippen LogP contribution in [0.2, 0.25) is 0 Å². The number of rotatable bonds is 5. The lowest BCUT2D eigenvalue weighted by molar-refractivity contribution is -0.147. The summed E-state index contributed by atoms with van der Waals surface area (Å²) in [5.74, 6) is 5.30. The monoisotopic (exact) mass is 430 g/mol. The van der Waals surface area contributed by atoms with E-state index in [2.05, 4.69) is 22.1 Å². The third kappa shape index (κ3) is 7.13. The molecule has 1 aromatic heterocycles. The Morgan fingerprint density at radius 1 is 1.00 bits per heavy atom. The maximum atomic E-state index is 12.7. The molecule has 3 aromatic rings. The summed E-state index contributed by atoms with van der Waals surface area (Å²) in [7, 11) is 0. The molecule has 1 heterocycles. The number of nitrogens with zero attached hydrogens (tertiary/aromatic N) is 1. The van der Waals surface area contributed by atoms with E-state index in [1.54, 1.807) is 20.8 Å². The first-order valence-electron chi connectivity index (χ1n) is 10.3. The van der Waals surface area contributed by atoms with E-state index in [0.29, 0.717) is 5.69 Å². The number of amides is 1. The number of aromatic nitrogens is 1. The van der Waals surface area contributed by atoms with Crippen LogP contribution in [0.3, 0.4) is 0 Å². The number of benzene rings is 2. The van der Waals surface area contributed by atoms with Gasteiger partial charge >= 0.3 is 12.1 Å². The highest BCUT2D eigenvalue weighted by Crippen LogP contribution is 2.12. The fraction of sp³-hybridized carbons (Fsp3) is 0.269. The first kappa shape index (κ1) is 22.8. The lowest BCUT2D eigenvalue weighted by atomic mass is 10.2. The van der Waals surface area contributed by atoms with Crippen LogP contribution in [-0.4, -0.2) is 28.7 Å². The molecular weight excluding hydrogens is 404 g/mol. The summed E-state index contributed by atoms with van der Waals surface area (Å²) in [6, 6.07) is 19.9. The van der Waals surface area contributed by atoms with Crippen molar-refractivity contribution < 1.29 is 19.1 Å². The Kier molecular flexibility index (Phi) is 7.45. The highest BCUT2D eigenvalue weighted by molar-refractivity contribution is 5.82. The Labute approximate surface area is 188 Å². The minimum absolute atomic E-state index is 0.0569. The number of pyridine rings is 1. The minimum Gasteiger partial charge on any atom is -0.459 e. The molecule has 0 radical (unpaired) electrons. The molecule has 6 nitrogen and oxygen atoms in total. The van der Waals surface area contributed by atoms with Gasteiger partial charge in [-0.3, -0.25) is 0 Å². The van der Waals surface area contributed by atoms with E-state index in [9.17, 15) is 9.59 Å². The molecule has 6 heteroatoms. The normalized spacial score (nSPS) is 11.7. The molecule has 164 valence electrons. The fourth-order valence-electron chi connectivity index (χ4n) is 2.85. The van der Waals surface area contributed by atoms with Gasteiger partial charge in [0.25, 0.3) is 0 Å². The number of hydrogen-bond donors (Lipinski definition) is 1. The number of carbonyl (C=O) groups excluding carboxylic acids is 2. The molecule has 1 atom stereocenters. The molecule has 0 bridgehead atoms. The number of carbonyl (C=O) groups is 2. The van der Waals surface area contributed by atoms with Gasteiger partial charge in [0.05, 0.1) is 5.52 Å². The molecule has 0 fully saturated rings. The van der Waals surface area contributed by atoms with Crippen LogP contribution in [0.1, 0.15) is 38.4 Å². The lowest BCUT2D eigenvalue weighted by Crippen LogP contribution is -2.44. The summed E-state index contributed by atoms with van der Waals surface area (Å²) in [5.41, 5.74) is 1.58. The van der Waals surface area contributed by atoms with Crippen molar-refractivity contribution in [3.8, 4) is 11.8 Å². The van der Waals surface area contributed by atoms with Crippen molar-refractivity contribution in [2.75, 3.05) is 0 Å². The topological polar surface area (TPSA) is 77.5 Å². The van der Waals surface area contributed by atoms with Crippen LogP contribution in [0.4, 0.5) is 4.79 Å². The summed E-state index contributed by atoms with van der Waals surface area (Å²) in [6.07, 6.45) is -0.647. The summed E-state index contributed by atoms with van der Waals surface area (Å²) < 4.78 is 10.7. The minimum atomic E-state index is -0.971. The van der Waals surface area contributed by atoms with Crippen LogP contribution in [0.5, 0.6) is 0 Å². The Hall–Kier alpha value is -3.85. The van der Waals surface area contributed by atoms with Gasteiger partial charge in [0.15, 0.2) is 0 Å². The van der Waals surface area contributed by atoms with Crippen molar-refractivity contribution in [1.82, 2.24) is 10.3 Å². The number of nitrogens with one attached hydrogen (secondary N) is 1. The van der Waals surface area contributed by atoms with E-state index in [0.717, 1.165) is 16.5 Å². The summed E-state index contributed by atoms with van der Waals surface area (Å²) in [4.78, 5) is 29.4. The molecule has 0 aliphatic rings. The molecule has 0 aliphatic heterocycles. The SMILES string of the molecule is CC(C)(C)OC(=O)NC(CC#Cc1ccc2ccccc2n1)C(=O)OCc1ccccc1. The third-order valence-corrected chi connectivity index (χ3v) is 4.32. The number of esters is 1. The largest absolute Gasteiger partial charge is 0.459 e. The molecule has 2 aromatic carbocycles. The van der Waals surface area contributed by atoms with Crippen LogP contribution in [-0.2, 0) is 20.9 Å². The Bertz CT molecular complexity index is 1140. The molecular formula is C26H26N2O4. The molecule has 0 saturated carbocycles. The van der Waals surface area contributed by atoms with Crippen molar-refractivity contribution in [1.29, 1.82) is 0 Å². The van der Waals surface area contributed by atoms with Gasteiger partial charge in [0.2, 0.25) is 0 Å². The summed E-state index contributed by atoms with van der Waals surface area (Å²) in [5, 5.41) is 3.59. The molecule has 1 amide bonds. The van der Waals surface area contributed by atoms with Gasteiger partial charge in [-0.25, -0.2) is 14.6 Å². The second-order valence-electron chi connectivity index (χ2n) is 8.19. The number of ether oxygens (including phenoxy) is 2. The first-order valence-corrected chi connectivity index (χ1v) is 10.3. The van der Waals surface area contributed by atoms with E-state index in [1.165, 1.54) is 0 Å². The van der Waals surface area contributed by atoms with Crippen LogP contribution < -0.4 is 5.32 Å². The highest BCUT2D eigenvalue weighted by Gasteiger charge is 2.25. The van der Waals surface area contributed by atoms with Crippen molar-refractivity contribution >= 4 is 23.0 Å². The van der Waals surface area contributed by atoms with Gasteiger partial charge in [-0.2, -0.15) is 0 Å². The van der Waals surface area contributed by atoms with Crippen molar-refractivity contribution in [3.05, 3.63) is 78.0 Å². The zero-order chi connectivity index (χ0) is 23.0. The lowest BCUT2D eigenvalue weighted by Gasteiger charge is -2.22. The van der Waals surface area contributed by atoms with E-state index in [1.807, 2.05) is 66.7 Å². The maximum absolute atomic E-state index is 12.7. The molecule has 0 spiro atoms. The van der Waals surface area contributed by atoms with Crippen LogP contribution in [0.25, 0.3) is 10.9 Å². The van der Waals surface area contributed by atoms with Crippen LogP contribution in [0, 0.1) is 11.8 Å². The summed E-state index contributed by atoms with van der Waals surface area (Å²) >= 11 is 0. The van der Waals surface area contributed by atoms with E-state index >= 15 is 0 Å². The molecule has 1 unspecified atom stereocenters. The van der Waals surface area contributed by atoms with Gasteiger partial charge in [-0.1, -0.05) is 60.5 Å². The molecule has 3 rings (SSSR count). The molecule has 0 aliphatic carbocycles. The smallest absolute Gasteiger partial charge is 0.408 e. The standard InChI is InChI=1S/C26H26N2O4/c1-26(2,3)32-25(30)28-23(24(29)31-18-19-10-5-4-6-11-19)15-9-13-21-17-16-20-12-7-8-14-22(20)27-21/h4-8,10-12,14,16-17,23H,15,18H2,1-3H3,(H,28,30). The van der Waals surface area contributed by atoms with Crippen LogP contribution in [0.15, 0.2) is 66.7 Å². The number of fused-ring (bicyclic) bond motifs is 1. The number of hydrogen-bond acceptors (Lipinski definition) is 5. The zero-order valence-corrected chi connectivity index (χ0v) is 18.4. The van der Waals surface area contributed by atoms with Crippen molar-refractivity contribution in [2.24, 2.45) is 0 Å². The van der Waals surface area contributed by atoms with Gasteiger partial charge in [-0.05, 0) is 44.4 Å². The second kappa shape index (κ2) is 10.5. The molecule has 0 saturated heterocycles. The third-order valence-electron chi connectivity index (χ3n) is 4.32. The average Bonchev–Trinajstić information content (AvgIpc) is 2.76. The highest BCUT2D eigenvalue weighted by atomic mass is 16.6. The predicted molar refractivity (Wildman–Crippen MR) is 123 cm³/mol. The molecule has 1 N–H and O–H groups in total. The van der Waals surface area contributed by atoms with E-state index < -0.39 is 23.7 Å². The van der Waals surface area contributed by atoms with Gasteiger partial charge in [-0.15, -0.1) is 0 Å². The van der Waals surface area contributed by atoms with Gasteiger partial charge in [0.1, 0.15) is 23.9 Å². The van der Waals surface area contributed by atoms with E-state index in [-0.39, 0.29) is 13.0 Å². The number of alkyl carbamates (subject to hydrolysis) is 1. The first-order chi connectivity index (χ1) is 15.3. The Morgan fingerprint density at radius 2 is 1.72 bits per heavy atom. The Balaban J connectivity index is 1.70. The second-order valence-corrected chi connectivity index (χ2v) is 8.19. The zero-order valence-electron chi connectivity index (χ0n) is 18.4. The van der Waals surface area contributed by atoms with Crippen molar-refractivity contribution in [3.63, 3.8) is 0 Å². The quantitative estimate of drug-likeness (QED) is 0.472. The van der Waals surface area contributed by atoms with E-state index in [4.69, 9.17) is 9.47 Å².